The number of hydrogen-bond acceptors (Lipinski definition) is 7. The Morgan fingerprint density at radius 2 is 1.76 bits per heavy atom. The number of nitrogens with zero attached hydrogens (tertiary/aromatic N) is 3. The molecule has 3 aromatic rings. The molecule has 0 amide bonds. The van der Waals surface area contributed by atoms with Crippen LogP contribution in [0.25, 0.3) is 22.9 Å². The number of anilines is 3. The third-order valence-electron chi connectivity index (χ3n) is 6.31. The summed E-state index contributed by atoms with van der Waals surface area (Å²) in [6, 6.07) is 6.16. The van der Waals surface area contributed by atoms with Gasteiger partial charge in [0.15, 0.2) is 11.6 Å². The van der Waals surface area contributed by atoms with E-state index >= 15 is 0 Å². The Hall–Kier alpha value is -3.65. The van der Waals surface area contributed by atoms with Crippen molar-refractivity contribution in [3.05, 3.63) is 52.8 Å². The second kappa shape index (κ2) is 9.07. The molecular weight excluding hydrogens is 414 g/mol. The fraction of sp³-hybridized carbons (Fsp3) is 0.320. The van der Waals surface area contributed by atoms with Gasteiger partial charge in [-0.3, -0.25) is 0 Å². The number of rotatable bonds is 5. The van der Waals surface area contributed by atoms with Gasteiger partial charge in [0.25, 0.3) is 0 Å². The lowest BCUT2D eigenvalue weighted by atomic mass is 9.98. The molecule has 1 saturated heterocycles. The highest BCUT2D eigenvalue weighted by Crippen LogP contribution is 2.34. The normalized spacial score (nSPS) is 15.2. The number of aromatic amines is 1. The van der Waals surface area contributed by atoms with E-state index in [1.165, 1.54) is 16.8 Å². The molecule has 1 aromatic carbocycles. The van der Waals surface area contributed by atoms with E-state index in [1.807, 2.05) is 18.3 Å². The molecular formula is C25H33N7O. The van der Waals surface area contributed by atoms with Gasteiger partial charge in [-0.25, -0.2) is 4.98 Å². The lowest BCUT2D eigenvalue weighted by Gasteiger charge is -2.36. The number of pyridine rings is 1. The van der Waals surface area contributed by atoms with Crippen molar-refractivity contribution >= 4 is 29.1 Å². The molecule has 0 saturated carbocycles. The van der Waals surface area contributed by atoms with Crippen molar-refractivity contribution in [1.82, 2.24) is 14.9 Å². The molecule has 3 heterocycles. The van der Waals surface area contributed by atoms with E-state index in [0.717, 1.165) is 48.4 Å². The van der Waals surface area contributed by atoms with Gasteiger partial charge in [-0.05, 0) is 61.9 Å². The Morgan fingerprint density at radius 3 is 2.39 bits per heavy atom. The van der Waals surface area contributed by atoms with Crippen LogP contribution in [0.2, 0.25) is 0 Å². The fourth-order valence-electron chi connectivity index (χ4n) is 4.50. The number of piperazine rings is 1. The first kappa shape index (κ1) is 22.5. The number of nitrogen functional groups attached to an aromatic ring is 2. The van der Waals surface area contributed by atoms with Gasteiger partial charge in [0.2, 0.25) is 0 Å². The average Bonchev–Trinajstić information content (AvgIpc) is 3.15. The third kappa shape index (κ3) is 4.47. The van der Waals surface area contributed by atoms with Crippen molar-refractivity contribution in [3.63, 3.8) is 0 Å². The van der Waals surface area contributed by atoms with Crippen LogP contribution < -0.4 is 26.8 Å². The van der Waals surface area contributed by atoms with E-state index in [1.54, 1.807) is 13.3 Å². The molecule has 1 aliphatic heterocycles. The topological polar surface area (TPSA) is 122 Å². The molecule has 0 spiro atoms. The van der Waals surface area contributed by atoms with E-state index in [-0.39, 0.29) is 0 Å². The van der Waals surface area contributed by atoms with Gasteiger partial charge in [-0.2, -0.15) is 0 Å². The van der Waals surface area contributed by atoms with Crippen LogP contribution >= 0.6 is 0 Å². The first-order valence-electron chi connectivity index (χ1n) is 11.1. The SMILES string of the molecule is COc1cc(-c2c[nH]c(N)c2/C=C(\N)c2cc(C)c(N3CCN(C)CC3)c(C)c2)cnc1N. The van der Waals surface area contributed by atoms with Crippen molar-refractivity contribution in [1.29, 1.82) is 0 Å². The van der Waals surface area contributed by atoms with Gasteiger partial charge >= 0.3 is 0 Å². The summed E-state index contributed by atoms with van der Waals surface area (Å²) in [5, 5.41) is 0. The summed E-state index contributed by atoms with van der Waals surface area (Å²) >= 11 is 0. The minimum absolute atomic E-state index is 0.341. The van der Waals surface area contributed by atoms with Gasteiger partial charge in [-0.1, -0.05) is 0 Å². The molecule has 1 aliphatic rings. The minimum atomic E-state index is 0.341. The molecule has 0 atom stereocenters. The summed E-state index contributed by atoms with van der Waals surface area (Å²) in [6.45, 7) is 8.52. The number of likely N-dealkylation sites (N-methyl/N-ethyl adjacent to an activating group) is 1. The largest absolute Gasteiger partial charge is 0.493 e. The zero-order chi connectivity index (χ0) is 23.7. The molecule has 0 radical (unpaired) electrons. The fourth-order valence-corrected chi connectivity index (χ4v) is 4.50. The van der Waals surface area contributed by atoms with E-state index in [0.29, 0.717) is 23.1 Å². The Bertz CT molecular complexity index is 1170. The van der Waals surface area contributed by atoms with Gasteiger partial charge in [0.05, 0.1) is 7.11 Å². The predicted molar refractivity (Wildman–Crippen MR) is 137 cm³/mol. The summed E-state index contributed by atoms with van der Waals surface area (Å²) in [5.74, 6) is 1.39. The van der Waals surface area contributed by atoms with Crippen molar-refractivity contribution in [2.45, 2.75) is 13.8 Å². The highest BCUT2D eigenvalue weighted by atomic mass is 16.5. The standard InChI is InChI=1S/C25H33N7O/c1-15-9-17(10-16(2)23(15)32-7-5-31(3)6-8-32)21(26)12-19-20(14-30-24(19)27)18-11-22(33-4)25(28)29-13-18/h9-14,30H,5-8,26-27H2,1-4H3,(H2,28,29)/b21-12-. The van der Waals surface area contributed by atoms with Gasteiger partial charge in [0, 0.05) is 66.6 Å². The molecule has 1 fully saturated rings. The number of nitrogens with two attached hydrogens (primary N) is 3. The van der Waals surface area contributed by atoms with E-state index in [2.05, 4.69) is 52.8 Å². The summed E-state index contributed by atoms with van der Waals surface area (Å²) in [4.78, 5) is 12.2. The summed E-state index contributed by atoms with van der Waals surface area (Å²) in [5.41, 5.74) is 26.6. The lowest BCUT2D eigenvalue weighted by molar-refractivity contribution is 0.312. The van der Waals surface area contributed by atoms with Crippen LogP contribution in [-0.4, -0.2) is 55.2 Å². The predicted octanol–water partition coefficient (Wildman–Crippen LogP) is 3.08. The number of methoxy groups -OCH3 is 1. The van der Waals surface area contributed by atoms with Crippen molar-refractivity contribution in [2.24, 2.45) is 5.73 Å². The number of nitrogens with one attached hydrogen (secondary N) is 1. The average molecular weight is 448 g/mol. The Kier molecular flexibility index (Phi) is 6.20. The highest BCUT2D eigenvalue weighted by molar-refractivity contribution is 5.90. The van der Waals surface area contributed by atoms with Crippen LogP contribution in [-0.2, 0) is 0 Å². The van der Waals surface area contributed by atoms with E-state index < -0.39 is 0 Å². The second-order valence-corrected chi connectivity index (χ2v) is 8.69. The van der Waals surface area contributed by atoms with E-state index in [4.69, 9.17) is 21.9 Å². The minimum Gasteiger partial charge on any atom is -0.493 e. The molecule has 2 aromatic heterocycles. The van der Waals surface area contributed by atoms with Crippen LogP contribution in [0.3, 0.4) is 0 Å². The monoisotopic (exact) mass is 447 g/mol. The van der Waals surface area contributed by atoms with Crippen LogP contribution in [0, 0.1) is 13.8 Å². The van der Waals surface area contributed by atoms with Crippen molar-refractivity contribution < 1.29 is 4.74 Å². The molecule has 7 N–H and O–H groups in total. The lowest BCUT2D eigenvalue weighted by Crippen LogP contribution is -2.45. The third-order valence-corrected chi connectivity index (χ3v) is 6.31. The second-order valence-electron chi connectivity index (χ2n) is 8.69. The molecule has 8 nitrogen and oxygen atoms in total. The maximum Gasteiger partial charge on any atom is 0.166 e. The van der Waals surface area contributed by atoms with E-state index in [9.17, 15) is 0 Å². The van der Waals surface area contributed by atoms with Gasteiger partial charge in [0.1, 0.15) is 5.82 Å². The van der Waals surface area contributed by atoms with Gasteiger partial charge < -0.3 is 36.7 Å². The number of benzene rings is 1. The summed E-state index contributed by atoms with van der Waals surface area (Å²) in [6.07, 6.45) is 5.45. The molecule has 0 aliphatic carbocycles. The Balaban J connectivity index is 1.68. The number of hydrogen-bond donors (Lipinski definition) is 4. The Labute approximate surface area is 195 Å². The maximum atomic E-state index is 6.58. The van der Waals surface area contributed by atoms with Crippen LogP contribution in [0.15, 0.2) is 30.6 Å². The zero-order valence-electron chi connectivity index (χ0n) is 19.8. The number of aryl methyl sites for hydroxylation is 2. The first-order chi connectivity index (χ1) is 15.8. The Morgan fingerprint density at radius 1 is 1.09 bits per heavy atom. The molecule has 33 heavy (non-hydrogen) atoms. The molecule has 4 rings (SSSR count). The maximum absolute atomic E-state index is 6.58. The zero-order valence-corrected chi connectivity index (χ0v) is 19.8. The highest BCUT2D eigenvalue weighted by Gasteiger charge is 2.19. The first-order valence-corrected chi connectivity index (χ1v) is 11.1. The smallest absolute Gasteiger partial charge is 0.166 e. The van der Waals surface area contributed by atoms with Crippen molar-refractivity contribution in [2.75, 3.05) is 56.7 Å². The van der Waals surface area contributed by atoms with Gasteiger partial charge in [-0.15, -0.1) is 0 Å². The van der Waals surface area contributed by atoms with Crippen LogP contribution in [0.5, 0.6) is 5.75 Å². The number of H-pyrrole nitrogens is 1. The molecule has 0 bridgehead atoms. The number of ether oxygens (including phenoxy) is 1. The molecule has 0 unspecified atom stereocenters. The molecule has 8 heteroatoms. The van der Waals surface area contributed by atoms with Crippen molar-refractivity contribution in [3.8, 4) is 16.9 Å². The summed E-state index contributed by atoms with van der Waals surface area (Å²) in [7, 11) is 3.74. The molecule has 174 valence electrons. The summed E-state index contributed by atoms with van der Waals surface area (Å²) < 4.78 is 5.32. The number of aromatic nitrogens is 2. The van der Waals surface area contributed by atoms with Crippen LogP contribution in [0.4, 0.5) is 17.3 Å². The van der Waals surface area contributed by atoms with Crippen LogP contribution in [0.1, 0.15) is 22.3 Å². The quantitative estimate of drug-likeness (QED) is 0.474.